The summed E-state index contributed by atoms with van der Waals surface area (Å²) >= 11 is 0. The van der Waals surface area contributed by atoms with Gasteiger partial charge in [-0.25, -0.2) is 0 Å². The predicted molar refractivity (Wildman–Crippen MR) is 116 cm³/mol. The molecule has 2 unspecified atom stereocenters. The Kier molecular flexibility index (Phi) is 6.31. The van der Waals surface area contributed by atoms with E-state index in [9.17, 15) is 5.11 Å². The normalized spacial score (nSPS) is 30.1. The lowest BCUT2D eigenvalue weighted by atomic mass is 9.58. The molecule has 1 N–H and O–H groups in total. The van der Waals surface area contributed by atoms with Crippen LogP contribution in [-0.2, 0) is 18.4 Å². The maximum Gasteiger partial charge on any atom is 0.115 e. The maximum atomic E-state index is 10.1. The molecule has 2 aliphatic rings. The summed E-state index contributed by atoms with van der Waals surface area (Å²) in [6, 6.07) is 17.7. The molecule has 29 heavy (non-hydrogen) atoms. The Hall–Kier alpha value is -1.58. The highest BCUT2D eigenvalue weighted by atomic mass is 79.9. The molecule has 1 aliphatic carbocycles. The Morgan fingerprint density at radius 2 is 1.90 bits per heavy atom. The molecule has 2 aromatic rings. The summed E-state index contributed by atoms with van der Waals surface area (Å²) in [7, 11) is 0. The van der Waals surface area contributed by atoms with Gasteiger partial charge in [0.05, 0.1) is 19.1 Å². The molecule has 2 aromatic carbocycles. The summed E-state index contributed by atoms with van der Waals surface area (Å²) in [5.41, 5.74) is 5.83. The van der Waals surface area contributed by atoms with Crippen LogP contribution in [-0.4, -0.2) is 28.7 Å². The van der Waals surface area contributed by atoms with Crippen molar-refractivity contribution in [2.45, 2.75) is 58.5 Å². The fourth-order valence-corrected chi connectivity index (χ4v) is 5.80. The van der Waals surface area contributed by atoms with Crippen LogP contribution in [0, 0.1) is 5.92 Å². The molecule has 1 saturated heterocycles. The molecule has 156 valence electrons. The number of phenolic OH excluding ortho intramolecular Hbond substituents is 1. The van der Waals surface area contributed by atoms with E-state index in [0.29, 0.717) is 17.7 Å². The summed E-state index contributed by atoms with van der Waals surface area (Å²) < 4.78 is 1.15. The van der Waals surface area contributed by atoms with E-state index in [2.05, 4.69) is 70.2 Å². The minimum Gasteiger partial charge on any atom is -1.00 e. The van der Waals surface area contributed by atoms with Crippen molar-refractivity contribution in [1.29, 1.82) is 0 Å². The molecule has 0 aromatic heterocycles. The third-order valence-electron chi connectivity index (χ3n) is 7.70. The Labute approximate surface area is 186 Å². The van der Waals surface area contributed by atoms with Gasteiger partial charge in [0.1, 0.15) is 12.3 Å². The van der Waals surface area contributed by atoms with Crippen molar-refractivity contribution >= 4 is 0 Å². The standard InChI is InChI=1S/C26H33NO.BrH/c1-19(2)12-14-27(18-21-8-6-5-7-9-21)15-13-26(4)20(3)25(27)16-22-10-11-23(28)17-24(22)26;/h5-12,17,20,25H,13-16,18H2,1-4H3;1H/t20?,25-,26-,27?;/m1./s1. The molecule has 1 fully saturated rings. The summed E-state index contributed by atoms with van der Waals surface area (Å²) in [4.78, 5) is 0. The number of likely N-dealkylation sites (tertiary alicyclic amines) is 1. The number of allylic oxidation sites excluding steroid dienone is 1. The summed E-state index contributed by atoms with van der Waals surface area (Å²) in [5.74, 6) is 0.996. The zero-order chi connectivity index (χ0) is 19.9. The number of hydrogen-bond donors (Lipinski definition) is 1. The van der Waals surface area contributed by atoms with Gasteiger partial charge in [0.25, 0.3) is 0 Å². The first-order valence-electron chi connectivity index (χ1n) is 10.7. The minimum absolute atomic E-state index is 0. The van der Waals surface area contributed by atoms with E-state index in [1.54, 1.807) is 0 Å². The van der Waals surface area contributed by atoms with Crippen LogP contribution < -0.4 is 17.0 Å². The maximum absolute atomic E-state index is 10.1. The largest absolute Gasteiger partial charge is 1.00 e. The number of hydrogen-bond acceptors (Lipinski definition) is 1. The average molecular weight is 456 g/mol. The lowest BCUT2D eigenvalue weighted by molar-refractivity contribution is -0.969. The Morgan fingerprint density at radius 3 is 2.59 bits per heavy atom. The molecule has 2 bridgehead atoms. The molecule has 2 nitrogen and oxygen atoms in total. The number of nitrogens with zero attached hydrogens (tertiary/aromatic N) is 1. The van der Waals surface area contributed by atoms with Gasteiger partial charge in [0, 0.05) is 29.7 Å². The molecule has 0 saturated carbocycles. The van der Waals surface area contributed by atoms with Crippen molar-refractivity contribution in [3.63, 3.8) is 0 Å². The first-order chi connectivity index (χ1) is 13.3. The van der Waals surface area contributed by atoms with Gasteiger partial charge in [0.15, 0.2) is 0 Å². The van der Waals surface area contributed by atoms with E-state index in [0.717, 1.165) is 24.0 Å². The molecule has 0 radical (unpaired) electrons. The lowest BCUT2D eigenvalue weighted by Crippen LogP contribution is -3.00. The van der Waals surface area contributed by atoms with Crippen LogP contribution in [0.15, 0.2) is 60.2 Å². The third-order valence-corrected chi connectivity index (χ3v) is 7.70. The molecular weight excluding hydrogens is 422 g/mol. The van der Waals surface area contributed by atoms with Crippen LogP contribution in [0.25, 0.3) is 0 Å². The van der Waals surface area contributed by atoms with E-state index in [-0.39, 0.29) is 22.4 Å². The number of piperidine rings is 1. The van der Waals surface area contributed by atoms with Crippen LogP contribution in [0.1, 0.15) is 50.8 Å². The Balaban J connectivity index is 0.00000240. The van der Waals surface area contributed by atoms with Crippen LogP contribution in [0.2, 0.25) is 0 Å². The monoisotopic (exact) mass is 455 g/mol. The highest BCUT2D eigenvalue weighted by Crippen LogP contribution is 2.52. The fraction of sp³-hybridized carbons (Fsp3) is 0.462. The van der Waals surface area contributed by atoms with Gasteiger partial charge in [0.2, 0.25) is 0 Å². The number of halogens is 1. The van der Waals surface area contributed by atoms with Crippen molar-refractivity contribution in [1.82, 2.24) is 0 Å². The van der Waals surface area contributed by atoms with Gasteiger partial charge in [-0.2, -0.15) is 0 Å². The second kappa shape index (κ2) is 8.28. The van der Waals surface area contributed by atoms with Crippen molar-refractivity contribution in [3.05, 3.63) is 76.9 Å². The second-order valence-electron chi connectivity index (χ2n) is 9.62. The molecule has 0 spiro atoms. The average Bonchev–Trinajstić information content (AvgIpc) is 2.67. The van der Waals surface area contributed by atoms with Crippen molar-refractivity contribution in [2.24, 2.45) is 5.92 Å². The lowest BCUT2D eigenvalue weighted by Gasteiger charge is -2.59. The highest BCUT2D eigenvalue weighted by Gasteiger charge is 2.55. The highest BCUT2D eigenvalue weighted by molar-refractivity contribution is 5.43. The van der Waals surface area contributed by atoms with Gasteiger partial charge in [-0.05, 0) is 43.2 Å². The van der Waals surface area contributed by atoms with Crippen LogP contribution in [0.4, 0.5) is 0 Å². The van der Waals surface area contributed by atoms with Crippen LogP contribution >= 0.6 is 0 Å². The first-order valence-corrected chi connectivity index (χ1v) is 10.7. The number of aromatic hydroxyl groups is 1. The quantitative estimate of drug-likeness (QED) is 0.554. The molecule has 4 rings (SSSR count). The van der Waals surface area contributed by atoms with Gasteiger partial charge in [-0.3, -0.25) is 0 Å². The summed E-state index contributed by atoms with van der Waals surface area (Å²) in [5, 5.41) is 10.1. The molecule has 3 heteroatoms. The number of phenols is 1. The smallest absolute Gasteiger partial charge is 0.115 e. The zero-order valence-electron chi connectivity index (χ0n) is 18.2. The van der Waals surface area contributed by atoms with Gasteiger partial charge in [-0.1, -0.05) is 55.8 Å². The van der Waals surface area contributed by atoms with Crippen molar-refractivity contribution in [2.75, 3.05) is 13.1 Å². The first kappa shape index (κ1) is 22.1. The SMILES string of the molecule is CC(C)=CC[N+]1(Cc2ccccc2)CC[C@@]2(C)c3cc(O)ccc3C[C@@H]1C2C.[Br-]. The van der Waals surface area contributed by atoms with E-state index < -0.39 is 0 Å². The molecule has 4 atom stereocenters. The van der Waals surface area contributed by atoms with Gasteiger partial charge >= 0.3 is 0 Å². The number of fused-ring (bicyclic) bond motifs is 4. The Bertz CT molecular complexity index is 889. The van der Waals surface area contributed by atoms with Crippen molar-refractivity contribution < 1.29 is 26.6 Å². The fourth-order valence-electron chi connectivity index (χ4n) is 5.80. The molecule has 1 heterocycles. The predicted octanol–water partition coefficient (Wildman–Crippen LogP) is 2.60. The van der Waals surface area contributed by atoms with Crippen LogP contribution in [0.3, 0.4) is 0 Å². The summed E-state index contributed by atoms with van der Waals surface area (Å²) in [6.07, 6.45) is 4.73. The van der Waals surface area contributed by atoms with Crippen LogP contribution in [0.5, 0.6) is 5.75 Å². The summed E-state index contributed by atoms with van der Waals surface area (Å²) in [6.45, 7) is 12.7. The third kappa shape index (κ3) is 3.92. The number of quaternary nitrogens is 1. The molecule has 1 aliphatic heterocycles. The number of benzene rings is 2. The van der Waals surface area contributed by atoms with E-state index in [4.69, 9.17) is 0 Å². The van der Waals surface area contributed by atoms with E-state index in [1.807, 2.05) is 12.1 Å². The van der Waals surface area contributed by atoms with E-state index in [1.165, 1.54) is 35.2 Å². The van der Waals surface area contributed by atoms with Gasteiger partial charge in [-0.15, -0.1) is 0 Å². The van der Waals surface area contributed by atoms with Gasteiger partial charge < -0.3 is 26.6 Å². The molecular formula is C26H34BrNO. The second-order valence-corrected chi connectivity index (χ2v) is 9.62. The topological polar surface area (TPSA) is 20.2 Å². The van der Waals surface area contributed by atoms with Crippen molar-refractivity contribution in [3.8, 4) is 5.75 Å². The minimum atomic E-state index is 0. The number of rotatable bonds is 4. The molecule has 0 amide bonds. The Morgan fingerprint density at radius 1 is 1.17 bits per heavy atom. The zero-order valence-corrected chi connectivity index (χ0v) is 19.7. The van der Waals surface area contributed by atoms with E-state index >= 15 is 0 Å².